The second-order valence-electron chi connectivity index (χ2n) is 6.23. The maximum absolute atomic E-state index is 12.5. The summed E-state index contributed by atoms with van der Waals surface area (Å²) in [6.07, 6.45) is 2.37. The van der Waals surface area contributed by atoms with Crippen LogP contribution in [0.15, 0.2) is 85.2 Å². The Morgan fingerprint density at radius 2 is 1.43 bits per heavy atom. The molecule has 2 aromatic carbocycles. The SMILES string of the molecule is O=C(NNC(=O)c1nc(-c2ccccc2)n(-c2ccccc2)n1)c1cc[n+]([O-])cc1. The monoisotopic (exact) mass is 400 g/mol. The van der Waals surface area contributed by atoms with Crippen LogP contribution in [-0.4, -0.2) is 26.6 Å². The Bertz CT molecular complexity index is 1120. The summed E-state index contributed by atoms with van der Waals surface area (Å²) in [4.78, 5) is 29.0. The number of hydrogen-bond donors (Lipinski definition) is 2. The summed E-state index contributed by atoms with van der Waals surface area (Å²) in [6, 6.07) is 21.3. The standard InChI is InChI=1S/C21H16N6O3/c28-20(16-11-13-26(30)14-12-16)23-24-21(29)18-22-19(15-7-3-1-4-8-15)27(25-18)17-9-5-2-6-10-17/h1-14H,(H,23,28)(H,24,29). The van der Waals surface area contributed by atoms with Crippen LogP contribution in [0.5, 0.6) is 0 Å². The second-order valence-corrected chi connectivity index (χ2v) is 6.23. The lowest BCUT2D eigenvalue weighted by Crippen LogP contribution is -2.42. The fraction of sp³-hybridized carbons (Fsp3) is 0. The fourth-order valence-electron chi connectivity index (χ4n) is 2.74. The zero-order valence-corrected chi connectivity index (χ0v) is 15.6. The lowest BCUT2D eigenvalue weighted by atomic mass is 10.2. The zero-order valence-electron chi connectivity index (χ0n) is 15.6. The summed E-state index contributed by atoms with van der Waals surface area (Å²) >= 11 is 0. The molecule has 0 fully saturated rings. The van der Waals surface area contributed by atoms with Gasteiger partial charge >= 0.3 is 5.91 Å². The van der Waals surface area contributed by atoms with Gasteiger partial charge in [0, 0.05) is 17.7 Å². The summed E-state index contributed by atoms with van der Waals surface area (Å²) in [5.74, 6) is -0.871. The van der Waals surface area contributed by atoms with Gasteiger partial charge in [-0.05, 0) is 12.1 Å². The third-order valence-electron chi connectivity index (χ3n) is 4.20. The largest absolute Gasteiger partial charge is 0.619 e. The molecule has 0 atom stereocenters. The minimum atomic E-state index is -0.676. The molecule has 0 saturated heterocycles. The number of hydrogen-bond acceptors (Lipinski definition) is 5. The van der Waals surface area contributed by atoms with E-state index < -0.39 is 11.8 Å². The molecule has 0 saturated carbocycles. The lowest BCUT2D eigenvalue weighted by Gasteiger charge is -2.05. The molecule has 2 aromatic heterocycles. The molecular formula is C21H16N6O3. The van der Waals surface area contributed by atoms with Crippen molar-refractivity contribution in [3.63, 3.8) is 0 Å². The van der Waals surface area contributed by atoms with Crippen molar-refractivity contribution in [1.82, 2.24) is 25.6 Å². The smallest absolute Gasteiger partial charge is 0.309 e. The Labute approximate surface area is 171 Å². The Kier molecular flexibility index (Phi) is 5.16. The number of nitrogens with one attached hydrogen (secondary N) is 2. The van der Waals surface area contributed by atoms with E-state index in [-0.39, 0.29) is 11.4 Å². The van der Waals surface area contributed by atoms with Gasteiger partial charge < -0.3 is 5.21 Å². The average Bonchev–Trinajstić information content (AvgIpc) is 3.24. The lowest BCUT2D eigenvalue weighted by molar-refractivity contribution is -0.605. The normalized spacial score (nSPS) is 10.4. The van der Waals surface area contributed by atoms with Crippen molar-refractivity contribution in [2.75, 3.05) is 0 Å². The second kappa shape index (κ2) is 8.23. The van der Waals surface area contributed by atoms with Crippen LogP contribution < -0.4 is 15.6 Å². The molecule has 2 amide bonds. The van der Waals surface area contributed by atoms with Crippen LogP contribution in [0.3, 0.4) is 0 Å². The van der Waals surface area contributed by atoms with Crippen LogP contribution >= 0.6 is 0 Å². The first-order valence-electron chi connectivity index (χ1n) is 8.99. The number of carbonyl (C=O) groups excluding carboxylic acids is 2. The Morgan fingerprint density at radius 1 is 0.833 bits per heavy atom. The maximum Gasteiger partial charge on any atom is 0.309 e. The molecule has 0 bridgehead atoms. The molecule has 2 N–H and O–H groups in total. The predicted octanol–water partition coefficient (Wildman–Crippen LogP) is 1.64. The van der Waals surface area contributed by atoms with Gasteiger partial charge in [0.15, 0.2) is 18.2 Å². The maximum atomic E-state index is 12.5. The zero-order chi connectivity index (χ0) is 20.9. The fourth-order valence-corrected chi connectivity index (χ4v) is 2.74. The molecular weight excluding hydrogens is 384 g/mol. The number of carbonyl (C=O) groups is 2. The van der Waals surface area contributed by atoms with Crippen molar-refractivity contribution in [2.45, 2.75) is 0 Å². The Balaban J connectivity index is 1.58. The number of pyridine rings is 1. The summed E-state index contributed by atoms with van der Waals surface area (Å²) in [5, 5.41) is 15.4. The van der Waals surface area contributed by atoms with Crippen molar-refractivity contribution in [1.29, 1.82) is 0 Å². The van der Waals surface area contributed by atoms with Gasteiger partial charge in [0.25, 0.3) is 5.91 Å². The van der Waals surface area contributed by atoms with E-state index in [0.29, 0.717) is 10.6 Å². The van der Waals surface area contributed by atoms with Crippen LogP contribution in [0.25, 0.3) is 17.1 Å². The first-order chi connectivity index (χ1) is 14.6. The number of hydrazine groups is 1. The van der Waals surface area contributed by atoms with E-state index in [1.165, 1.54) is 24.5 Å². The van der Waals surface area contributed by atoms with Crippen molar-refractivity contribution in [3.05, 3.63) is 102 Å². The summed E-state index contributed by atoms with van der Waals surface area (Å²) in [6.45, 7) is 0. The molecule has 9 nitrogen and oxygen atoms in total. The molecule has 0 spiro atoms. The highest BCUT2D eigenvalue weighted by molar-refractivity contribution is 5.97. The molecule has 0 aliphatic carbocycles. The number of benzene rings is 2. The van der Waals surface area contributed by atoms with E-state index in [9.17, 15) is 14.8 Å². The van der Waals surface area contributed by atoms with Gasteiger partial charge in [0.2, 0.25) is 5.82 Å². The number of para-hydroxylation sites is 1. The molecule has 0 unspecified atom stereocenters. The third kappa shape index (κ3) is 3.99. The number of rotatable bonds is 4. The quantitative estimate of drug-likeness (QED) is 0.307. The van der Waals surface area contributed by atoms with Crippen LogP contribution in [0.1, 0.15) is 21.0 Å². The van der Waals surface area contributed by atoms with E-state index in [1.807, 2.05) is 60.7 Å². The van der Waals surface area contributed by atoms with Crippen LogP contribution in [0, 0.1) is 5.21 Å². The molecule has 2 heterocycles. The summed E-state index contributed by atoms with van der Waals surface area (Å²) < 4.78 is 2.12. The van der Waals surface area contributed by atoms with E-state index in [0.717, 1.165) is 11.3 Å². The molecule has 4 rings (SSSR count). The van der Waals surface area contributed by atoms with E-state index >= 15 is 0 Å². The van der Waals surface area contributed by atoms with E-state index in [4.69, 9.17) is 0 Å². The van der Waals surface area contributed by atoms with Gasteiger partial charge in [-0.2, -0.15) is 4.73 Å². The van der Waals surface area contributed by atoms with Gasteiger partial charge in [-0.3, -0.25) is 20.4 Å². The van der Waals surface area contributed by atoms with Crippen molar-refractivity contribution in [2.24, 2.45) is 0 Å². The number of nitrogens with zero attached hydrogens (tertiary/aromatic N) is 4. The Morgan fingerprint density at radius 3 is 2.10 bits per heavy atom. The molecule has 0 aliphatic heterocycles. The van der Waals surface area contributed by atoms with Gasteiger partial charge in [-0.25, -0.2) is 9.67 Å². The molecule has 30 heavy (non-hydrogen) atoms. The van der Waals surface area contributed by atoms with Crippen molar-refractivity contribution in [3.8, 4) is 17.1 Å². The number of aromatic nitrogens is 4. The first-order valence-corrected chi connectivity index (χ1v) is 8.99. The highest BCUT2D eigenvalue weighted by Crippen LogP contribution is 2.20. The van der Waals surface area contributed by atoms with E-state index in [1.54, 1.807) is 4.68 Å². The van der Waals surface area contributed by atoms with Crippen molar-refractivity contribution < 1.29 is 14.3 Å². The molecule has 4 aromatic rings. The first kappa shape index (κ1) is 18.8. The average molecular weight is 400 g/mol. The topological polar surface area (TPSA) is 116 Å². The molecule has 0 radical (unpaired) electrons. The van der Waals surface area contributed by atoms with Crippen LogP contribution in [-0.2, 0) is 0 Å². The molecule has 0 aliphatic rings. The van der Waals surface area contributed by atoms with Gasteiger partial charge in [0.1, 0.15) is 0 Å². The summed E-state index contributed by atoms with van der Waals surface area (Å²) in [5.41, 5.74) is 6.32. The predicted molar refractivity (Wildman–Crippen MR) is 107 cm³/mol. The van der Waals surface area contributed by atoms with Crippen molar-refractivity contribution >= 4 is 11.8 Å². The van der Waals surface area contributed by atoms with Crippen LogP contribution in [0.2, 0.25) is 0 Å². The minimum Gasteiger partial charge on any atom is -0.619 e. The summed E-state index contributed by atoms with van der Waals surface area (Å²) in [7, 11) is 0. The minimum absolute atomic E-state index is 0.108. The highest BCUT2D eigenvalue weighted by Gasteiger charge is 2.19. The van der Waals surface area contributed by atoms with Gasteiger partial charge in [-0.1, -0.05) is 48.5 Å². The highest BCUT2D eigenvalue weighted by atomic mass is 16.5. The molecule has 9 heteroatoms. The third-order valence-corrected chi connectivity index (χ3v) is 4.20. The Hall–Kier alpha value is -4.53. The van der Waals surface area contributed by atoms with Gasteiger partial charge in [-0.15, -0.1) is 5.10 Å². The van der Waals surface area contributed by atoms with E-state index in [2.05, 4.69) is 20.9 Å². The molecule has 148 valence electrons. The van der Waals surface area contributed by atoms with Gasteiger partial charge in [0.05, 0.1) is 11.3 Å². The van der Waals surface area contributed by atoms with Crippen LogP contribution in [0.4, 0.5) is 0 Å². The number of amides is 2.